The van der Waals surface area contributed by atoms with E-state index in [0.29, 0.717) is 39.4 Å². The molecule has 28 heavy (non-hydrogen) atoms. The maximum Gasteiger partial charge on any atom is 0.323 e. The van der Waals surface area contributed by atoms with Gasteiger partial charge in [-0.05, 0) is 24.3 Å². The smallest absolute Gasteiger partial charge is 0.323 e. The summed E-state index contributed by atoms with van der Waals surface area (Å²) in [5.41, 5.74) is 0.937. The third-order valence-electron chi connectivity index (χ3n) is 3.83. The SMILES string of the molecule is COc1cc(NC(=O)Nc2ccccc2Oc2ccccc2)c(OC)cc1Cl. The van der Waals surface area contributed by atoms with E-state index in [1.165, 1.54) is 14.2 Å². The molecule has 0 heterocycles. The minimum Gasteiger partial charge on any atom is -0.495 e. The number of para-hydroxylation sites is 3. The summed E-state index contributed by atoms with van der Waals surface area (Å²) in [5.74, 6) is 2.02. The highest BCUT2D eigenvalue weighted by Gasteiger charge is 2.14. The Labute approximate surface area is 168 Å². The third-order valence-corrected chi connectivity index (χ3v) is 4.12. The van der Waals surface area contributed by atoms with Crippen molar-refractivity contribution in [2.24, 2.45) is 0 Å². The van der Waals surface area contributed by atoms with Crippen molar-refractivity contribution in [3.63, 3.8) is 0 Å². The fraction of sp³-hybridized carbons (Fsp3) is 0.0952. The second-order valence-corrected chi connectivity index (χ2v) is 6.08. The van der Waals surface area contributed by atoms with Gasteiger partial charge in [-0.1, -0.05) is 41.9 Å². The molecule has 6 nitrogen and oxygen atoms in total. The highest BCUT2D eigenvalue weighted by atomic mass is 35.5. The highest BCUT2D eigenvalue weighted by Crippen LogP contribution is 2.36. The number of urea groups is 1. The molecule has 0 saturated heterocycles. The summed E-state index contributed by atoms with van der Waals surface area (Å²) in [4.78, 5) is 12.5. The van der Waals surface area contributed by atoms with Crippen molar-refractivity contribution < 1.29 is 19.0 Å². The number of carbonyl (C=O) groups is 1. The van der Waals surface area contributed by atoms with Gasteiger partial charge in [0.15, 0.2) is 5.75 Å². The van der Waals surface area contributed by atoms with E-state index in [2.05, 4.69) is 10.6 Å². The van der Waals surface area contributed by atoms with Gasteiger partial charge in [0, 0.05) is 12.1 Å². The first-order valence-corrected chi connectivity index (χ1v) is 8.80. The van der Waals surface area contributed by atoms with Crippen LogP contribution in [-0.4, -0.2) is 20.3 Å². The number of hydrogen-bond acceptors (Lipinski definition) is 4. The van der Waals surface area contributed by atoms with Gasteiger partial charge in [-0.15, -0.1) is 0 Å². The van der Waals surface area contributed by atoms with Crippen molar-refractivity contribution in [2.75, 3.05) is 24.9 Å². The lowest BCUT2D eigenvalue weighted by molar-refractivity contribution is 0.262. The van der Waals surface area contributed by atoms with Gasteiger partial charge in [-0.2, -0.15) is 0 Å². The molecular formula is C21H19ClN2O4. The average Bonchev–Trinajstić information content (AvgIpc) is 2.71. The molecule has 0 radical (unpaired) electrons. The van der Waals surface area contributed by atoms with Gasteiger partial charge in [0.1, 0.15) is 17.2 Å². The molecule has 0 spiro atoms. The summed E-state index contributed by atoms with van der Waals surface area (Å²) >= 11 is 6.09. The Kier molecular flexibility index (Phi) is 6.24. The number of hydrogen-bond donors (Lipinski definition) is 2. The molecule has 2 amide bonds. The summed E-state index contributed by atoms with van der Waals surface area (Å²) < 4.78 is 16.3. The molecule has 0 atom stereocenters. The fourth-order valence-electron chi connectivity index (χ4n) is 2.51. The number of benzene rings is 3. The number of anilines is 2. The van der Waals surface area contributed by atoms with Gasteiger partial charge >= 0.3 is 6.03 Å². The molecule has 2 N–H and O–H groups in total. The minimum absolute atomic E-state index is 0.381. The predicted molar refractivity (Wildman–Crippen MR) is 110 cm³/mol. The lowest BCUT2D eigenvalue weighted by Gasteiger charge is -2.15. The first kappa shape index (κ1) is 19.4. The zero-order valence-corrected chi connectivity index (χ0v) is 16.1. The van der Waals surface area contributed by atoms with Crippen molar-refractivity contribution in [1.29, 1.82) is 0 Å². The van der Waals surface area contributed by atoms with E-state index in [1.54, 1.807) is 30.3 Å². The van der Waals surface area contributed by atoms with Crippen molar-refractivity contribution in [2.45, 2.75) is 0 Å². The van der Waals surface area contributed by atoms with Gasteiger partial charge < -0.3 is 24.8 Å². The summed E-state index contributed by atoms with van der Waals surface area (Å²) in [5, 5.41) is 5.89. The molecule has 3 rings (SSSR count). The van der Waals surface area contributed by atoms with Gasteiger partial charge in [0.05, 0.1) is 30.6 Å². The van der Waals surface area contributed by atoms with Gasteiger partial charge in [-0.3, -0.25) is 0 Å². The van der Waals surface area contributed by atoms with Crippen LogP contribution in [-0.2, 0) is 0 Å². The van der Waals surface area contributed by atoms with Crippen molar-refractivity contribution >= 4 is 29.0 Å². The Morgan fingerprint density at radius 1 is 0.786 bits per heavy atom. The Bertz CT molecular complexity index is 964. The standard InChI is InChI=1S/C21H19ClN2O4/c1-26-19-13-17(20(27-2)12-15(19)22)24-21(25)23-16-10-6-7-11-18(16)28-14-8-4-3-5-9-14/h3-13H,1-2H3,(H2,23,24,25). The predicted octanol–water partition coefficient (Wildman–Crippen LogP) is 5.79. The molecule has 0 bridgehead atoms. The van der Waals surface area contributed by atoms with Gasteiger partial charge in [0.25, 0.3) is 0 Å². The third kappa shape index (κ3) is 4.66. The maximum absolute atomic E-state index is 12.5. The number of amides is 2. The van der Waals surface area contributed by atoms with Crippen LogP contribution in [0.1, 0.15) is 0 Å². The quantitative estimate of drug-likeness (QED) is 0.551. The number of carbonyl (C=O) groups excluding carboxylic acids is 1. The first-order chi connectivity index (χ1) is 13.6. The van der Waals surface area contributed by atoms with Crippen LogP contribution in [0.2, 0.25) is 5.02 Å². The fourth-order valence-corrected chi connectivity index (χ4v) is 2.74. The summed E-state index contributed by atoms with van der Waals surface area (Å²) in [6.45, 7) is 0. The van der Waals surface area contributed by atoms with Crippen LogP contribution in [0.25, 0.3) is 0 Å². The average molecular weight is 399 g/mol. The molecular weight excluding hydrogens is 380 g/mol. The largest absolute Gasteiger partial charge is 0.495 e. The van der Waals surface area contributed by atoms with E-state index in [4.69, 9.17) is 25.8 Å². The van der Waals surface area contributed by atoms with E-state index < -0.39 is 6.03 Å². The summed E-state index contributed by atoms with van der Waals surface area (Å²) in [7, 11) is 2.99. The van der Waals surface area contributed by atoms with Crippen LogP contribution in [0.4, 0.5) is 16.2 Å². The van der Waals surface area contributed by atoms with E-state index in [0.717, 1.165) is 0 Å². The lowest BCUT2D eigenvalue weighted by Crippen LogP contribution is -2.20. The van der Waals surface area contributed by atoms with Crippen LogP contribution in [0.3, 0.4) is 0 Å². The molecule has 0 aliphatic carbocycles. The number of ether oxygens (including phenoxy) is 3. The molecule has 3 aromatic rings. The summed E-state index contributed by atoms with van der Waals surface area (Å²) in [6, 6.07) is 19.2. The van der Waals surface area contributed by atoms with Crippen molar-refractivity contribution in [3.05, 3.63) is 71.8 Å². The van der Waals surface area contributed by atoms with Gasteiger partial charge in [0.2, 0.25) is 0 Å². The zero-order chi connectivity index (χ0) is 19.9. The van der Waals surface area contributed by atoms with E-state index >= 15 is 0 Å². The molecule has 0 saturated carbocycles. The topological polar surface area (TPSA) is 68.8 Å². The van der Waals surface area contributed by atoms with Crippen molar-refractivity contribution in [1.82, 2.24) is 0 Å². The summed E-state index contributed by atoms with van der Waals surface area (Å²) in [6.07, 6.45) is 0. The Morgan fingerprint density at radius 3 is 2.14 bits per heavy atom. The number of methoxy groups -OCH3 is 2. The van der Waals surface area contributed by atoms with E-state index in [-0.39, 0.29) is 0 Å². The Balaban J connectivity index is 1.77. The van der Waals surface area contributed by atoms with Crippen LogP contribution in [0.15, 0.2) is 66.7 Å². The van der Waals surface area contributed by atoms with Crippen molar-refractivity contribution in [3.8, 4) is 23.0 Å². The van der Waals surface area contributed by atoms with Crippen LogP contribution in [0.5, 0.6) is 23.0 Å². The van der Waals surface area contributed by atoms with E-state index in [1.807, 2.05) is 36.4 Å². The number of rotatable bonds is 6. The zero-order valence-electron chi connectivity index (χ0n) is 15.4. The molecule has 3 aromatic carbocycles. The molecule has 0 fully saturated rings. The first-order valence-electron chi connectivity index (χ1n) is 8.42. The second kappa shape index (κ2) is 9.01. The second-order valence-electron chi connectivity index (χ2n) is 5.68. The van der Waals surface area contributed by atoms with Gasteiger partial charge in [-0.25, -0.2) is 4.79 Å². The number of halogens is 1. The number of nitrogens with one attached hydrogen (secondary N) is 2. The molecule has 0 unspecified atom stereocenters. The Hall–Kier alpha value is -3.38. The molecule has 0 aliphatic rings. The maximum atomic E-state index is 12.5. The monoisotopic (exact) mass is 398 g/mol. The molecule has 144 valence electrons. The highest BCUT2D eigenvalue weighted by molar-refractivity contribution is 6.32. The lowest BCUT2D eigenvalue weighted by atomic mass is 10.2. The van der Waals surface area contributed by atoms with Crippen LogP contribution < -0.4 is 24.8 Å². The Morgan fingerprint density at radius 2 is 1.43 bits per heavy atom. The molecule has 0 aromatic heterocycles. The normalized spacial score (nSPS) is 10.1. The van der Waals surface area contributed by atoms with E-state index in [9.17, 15) is 4.79 Å². The van der Waals surface area contributed by atoms with Crippen LogP contribution in [0, 0.1) is 0 Å². The molecule has 0 aliphatic heterocycles. The molecule has 7 heteroatoms. The minimum atomic E-state index is -0.466. The van der Waals surface area contributed by atoms with Crippen LogP contribution >= 0.6 is 11.6 Å².